The highest BCUT2D eigenvalue weighted by atomic mass is 35.5. The van der Waals surface area contributed by atoms with Gasteiger partial charge in [0.1, 0.15) is 6.61 Å². The molecular formula is C21H27ClN2O4. The number of nitrogens with two attached hydrogens (primary N) is 1. The minimum Gasteiger partial charge on any atom is -0.493 e. The molecule has 0 radical (unpaired) electrons. The molecule has 0 aromatic heterocycles. The van der Waals surface area contributed by atoms with Crippen LogP contribution in [-0.4, -0.2) is 32.7 Å². The number of halogens is 1. The van der Waals surface area contributed by atoms with Crippen molar-refractivity contribution in [2.24, 2.45) is 11.7 Å². The van der Waals surface area contributed by atoms with E-state index in [1.807, 2.05) is 30.3 Å². The summed E-state index contributed by atoms with van der Waals surface area (Å²) >= 11 is 0. The summed E-state index contributed by atoms with van der Waals surface area (Å²) in [6.45, 7) is 0.829. The molecule has 1 fully saturated rings. The van der Waals surface area contributed by atoms with Gasteiger partial charge in [-0.15, -0.1) is 12.4 Å². The average Bonchev–Trinajstić information content (AvgIpc) is 3.55. The molecule has 6 nitrogen and oxygen atoms in total. The zero-order valence-corrected chi connectivity index (χ0v) is 17.0. The minimum absolute atomic E-state index is 0. The van der Waals surface area contributed by atoms with Gasteiger partial charge in [-0.3, -0.25) is 4.79 Å². The predicted octanol–water partition coefficient (Wildman–Crippen LogP) is 3.17. The van der Waals surface area contributed by atoms with Gasteiger partial charge in [-0.2, -0.15) is 0 Å². The number of carbonyl (C=O) groups excluding carboxylic acids is 1. The number of benzene rings is 2. The maximum atomic E-state index is 12.5. The maximum absolute atomic E-state index is 12.5. The fourth-order valence-electron chi connectivity index (χ4n) is 2.89. The number of nitrogens with one attached hydrogen (secondary N) is 1. The second-order valence-electron chi connectivity index (χ2n) is 6.70. The molecule has 2 aromatic rings. The van der Waals surface area contributed by atoms with E-state index >= 15 is 0 Å². The van der Waals surface area contributed by atoms with Crippen LogP contribution in [-0.2, 0) is 6.61 Å². The van der Waals surface area contributed by atoms with Gasteiger partial charge in [0.2, 0.25) is 5.75 Å². The largest absolute Gasteiger partial charge is 0.493 e. The third-order valence-electron chi connectivity index (χ3n) is 4.67. The molecule has 1 amide bonds. The monoisotopic (exact) mass is 406 g/mol. The number of rotatable bonds is 9. The molecule has 1 aliphatic rings. The Hall–Kier alpha value is -2.44. The van der Waals surface area contributed by atoms with Crippen LogP contribution in [0.4, 0.5) is 0 Å². The number of amides is 1. The van der Waals surface area contributed by atoms with Gasteiger partial charge in [0, 0.05) is 18.2 Å². The van der Waals surface area contributed by atoms with Crippen LogP contribution in [0.25, 0.3) is 0 Å². The van der Waals surface area contributed by atoms with Crippen LogP contribution in [0, 0.1) is 5.92 Å². The predicted molar refractivity (Wildman–Crippen MR) is 111 cm³/mol. The standard InChI is InChI=1S/C21H26N2O4.ClH/c1-25-18-10-16(21(24)23-12-17(22)15-8-9-15)11-19(26-2)20(18)27-13-14-6-4-3-5-7-14;/h3-7,10-11,15,17H,8-9,12-13,22H2,1-2H3,(H,23,24);1H. The first-order valence-corrected chi connectivity index (χ1v) is 9.09. The van der Waals surface area contributed by atoms with Gasteiger partial charge in [-0.25, -0.2) is 0 Å². The molecular weight excluding hydrogens is 380 g/mol. The number of methoxy groups -OCH3 is 2. The molecule has 0 bridgehead atoms. The van der Waals surface area contributed by atoms with Gasteiger partial charge >= 0.3 is 0 Å². The van der Waals surface area contributed by atoms with E-state index in [1.165, 1.54) is 14.2 Å². The van der Waals surface area contributed by atoms with Gasteiger partial charge in [-0.1, -0.05) is 30.3 Å². The first kappa shape index (κ1) is 21.9. The molecule has 28 heavy (non-hydrogen) atoms. The molecule has 0 saturated heterocycles. The van der Waals surface area contributed by atoms with Crippen LogP contribution in [0.3, 0.4) is 0 Å². The van der Waals surface area contributed by atoms with Crippen molar-refractivity contribution < 1.29 is 19.0 Å². The van der Waals surface area contributed by atoms with Crippen molar-refractivity contribution in [1.82, 2.24) is 5.32 Å². The highest BCUT2D eigenvalue weighted by Crippen LogP contribution is 2.39. The van der Waals surface area contributed by atoms with E-state index in [2.05, 4.69) is 5.32 Å². The average molecular weight is 407 g/mol. The van der Waals surface area contributed by atoms with Crippen molar-refractivity contribution in [3.05, 3.63) is 53.6 Å². The molecule has 0 heterocycles. The summed E-state index contributed by atoms with van der Waals surface area (Å²) in [4.78, 5) is 12.5. The van der Waals surface area contributed by atoms with Crippen LogP contribution in [0.2, 0.25) is 0 Å². The first-order valence-electron chi connectivity index (χ1n) is 9.09. The minimum atomic E-state index is -0.211. The smallest absolute Gasteiger partial charge is 0.251 e. The molecule has 2 aromatic carbocycles. The zero-order chi connectivity index (χ0) is 19.2. The molecule has 0 aliphatic heterocycles. The summed E-state index contributed by atoms with van der Waals surface area (Å²) in [5.41, 5.74) is 7.52. The van der Waals surface area contributed by atoms with E-state index < -0.39 is 0 Å². The van der Waals surface area contributed by atoms with Gasteiger partial charge in [0.15, 0.2) is 11.5 Å². The lowest BCUT2D eigenvalue weighted by atomic mass is 10.1. The molecule has 3 rings (SSSR count). The van der Waals surface area contributed by atoms with Gasteiger partial charge < -0.3 is 25.3 Å². The van der Waals surface area contributed by atoms with Gasteiger partial charge in [0.05, 0.1) is 14.2 Å². The van der Waals surface area contributed by atoms with Crippen molar-refractivity contribution in [2.75, 3.05) is 20.8 Å². The molecule has 152 valence electrons. The second-order valence-corrected chi connectivity index (χ2v) is 6.70. The highest BCUT2D eigenvalue weighted by Gasteiger charge is 2.28. The van der Waals surface area contributed by atoms with E-state index in [9.17, 15) is 4.79 Å². The summed E-state index contributed by atoms with van der Waals surface area (Å²) in [7, 11) is 3.07. The third-order valence-corrected chi connectivity index (χ3v) is 4.67. The lowest BCUT2D eigenvalue weighted by molar-refractivity contribution is 0.0949. The Kier molecular flexibility index (Phi) is 7.96. The molecule has 1 atom stereocenters. The number of hydrogen-bond donors (Lipinski definition) is 2. The van der Waals surface area contributed by atoms with E-state index in [4.69, 9.17) is 19.9 Å². The van der Waals surface area contributed by atoms with E-state index in [1.54, 1.807) is 12.1 Å². The molecule has 1 unspecified atom stereocenters. The van der Waals surface area contributed by atoms with Crippen molar-refractivity contribution in [2.45, 2.75) is 25.5 Å². The summed E-state index contributed by atoms with van der Waals surface area (Å²) in [5.74, 6) is 1.68. The Balaban J connectivity index is 0.00000280. The molecule has 1 saturated carbocycles. The number of ether oxygens (including phenoxy) is 3. The normalized spacial score (nSPS) is 13.8. The Bertz CT molecular complexity index is 756. The van der Waals surface area contributed by atoms with Crippen LogP contribution < -0.4 is 25.3 Å². The zero-order valence-electron chi connectivity index (χ0n) is 16.1. The van der Waals surface area contributed by atoms with E-state index in [0.717, 1.165) is 18.4 Å². The van der Waals surface area contributed by atoms with Crippen molar-refractivity contribution in [3.8, 4) is 17.2 Å². The van der Waals surface area contributed by atoms with E-state index in [-0.39, 0.29) is 24.4 Å². The lowest BCUT2D eigenvalue weighted by Gasteiger charge is -2.17. The Morgan fingerprint density at radius 3 is 2.29 bits per heavy atom. The second kappa shape index (κ2) is 10.2. The molecule has 1 aliphatic carbocycles. The fraction of sp³-hybridized carbons (Fsp3) is 0.381. The fourth-order valence-corrected chi connectivity index (χ4v) is 2.89. The van der Waals surface area contributed by atoms with Gasteiger partial charge in [-0.05, 0) is 36.5 Å². The first-order chi connectivity index (χ1) is 13.1. The third kappa shape index (κ3) is 5.53. The Labute approximate surface area is 171 Å². The van der Waals surface area contributed by atoms with Crippen LogP contribution in [0.15, 0.2) is 42.5 Å². The topological polar surface area (TPSA) is 82.8 Å². The van der Waals surface area contributed by atoms with Gasteiger partial charge in [0.25, 0.3) is 5.91 Å². The van der Waals surface area contributed by atoms with Crippen LogP contribution >= 0.6 is 12.4 Å². The Morgan fingerprint density at radius 1 is 1.14 bits per heavy atom. The summed E-state index contributed by atoms with van der Waals surface area (Å²) in [5, 5.41) is 2.88. The van der Waals surface area contributed by atoms with Crippen LogP contribution in [0.5, 0.6) is 17.2 Å². The Morgan fingerprint density at radius 2 is 1.75 bits per heavy atom. The molecule has 7 heteroatoms. The highest BCUT2D eigenvalue weighted by molar-refractivity contribution is 5.95. The summed E-state index contributed by atoms with van der Waals surface area (Å²) in [6.07, 6.45) is 2.29. The van der Waals surface area contributed by atoms with Crippen molar-refractivity contribution >= 4 is 18.3 Å². The maximum Gasteiger partial charge on any atom is 0.251 e. The number of hydrogen-bond acceptors (Lipinski definition) is 5. The van der Waals surface area contributed by atoms with Crippen molar-refractivity contribution in [3.63, 3.8) is 0 Å². The van der Waals surface area contributed by atoms with E-state index in [0.29, 0.717) is 41.9 Å². The van der Waals surface area contributed by atoms with Crippen molar-refractivity contribution in [1.29, 1.82) is 0 Å². The molecule has 0 spiro atoms. The molecule has 3 N–H and O–H groups in total. The quantitative estimate of drug-likeness (QED) is 0.668. The summed E-state index contributed by atoms with van der Waals surface area (Å²) < 4.78 is 16.8. The SMILES string of the molecule is COc1cc(C(=O)NCC(N)C2CC2)cc(OC)c1OCc1ccccc1.Cl. The number of carbonyl (C=O) groups is 1. The lowest BCUT2D eigenvalue weighted by Crippen LogP contribution is -2.38. The van der Waals surface area contributed by atoms with Crippen LogP contribution in [0.1, 0.15) is 28.8 Å². The summed E-state index contributed by atoms with van der Waals surface area (Å²) in [6, 6.07) is 13.1.